The summed E-state index contributed by atoms with van der Waals surface area (Å²) < 4.78 is 27.5. The van der Waals surface area contributed by atoms with Gasteiger partial charge in [0.05, 0.1) is 41.6 Å². The monoisotopic (exact) mass is 453 g/mol. The molecular formula is C18H21N4O6S2-. The van der Waals surface area contributed by atoms with E-state index in [1.165, 1.54) is 31.4 Å². The first-order valence-corrected chi connectivity index (χ1v) is 10.5. The van der Waals surface area contributed by atoms with Crippen molar-refractivity contribution in [3.8, 4) is 0 Å². The van der Waals surface area contributed by atoms with E-state index in [4.69, 9.17) is 16.9 Å². The van der Waals surface area contributed by atoms with Crippen LogP contribution in [0.4, 0.5) is 5.69 Å². The van der Waals surface area contributed by atoms with Gasteiger partial charge in [-0.2, -0.15) is 4.33 Å². The molecule has 0 aliphatic rings. The number of carbonyl (C=O) groups is 1. The first-order chi connectivity index (χ1) is 14.0. The van der Waals surface area contributed by atoms with Gasteiger partial charge in [0.1, 0.15) is 5.84 Å². The van der Waals surface area contributed by atoms with Crippen LogP contribution in [0, 0.1) is 5.41 Å². The van der Waals surface area contributed by atoms with Crippen molar-refractivity contribution in [1.82, 2.24) is 0 Å². The van der Waals surface area contributed by atoms with Gasteiger partial charge in [0, 0.05) is 16.1 Å². The van der Waals surface area contributed by atoms with Crippen LogP contribution in [-0.4, -0.2) is 33.1 Å². The van der Waals surface area contributed by atoms with Crippen molar-refractivity contribution in [2.24, 2.45) is 11.5 Å². The number of sulfone groups is 1. The molecular weight excluding hydrogens is 432 g/mol. The normalized spacial score (nSPS) is 10.4. The van der Waals surface area contributed by atoms with Gasteiger partial charge in [0.2, 0.25) is 0 Å². The Morgan fingerprint density at radius 2 is 1.73 bits per heavy atom. The molecule has 2 aromatic carbocycles. The average molecular weight is 454 g/mol. The molecule has 0 radical (unpaired) electrons. The minimum absolute atomic E-state index is 0.0538. The Bertz CT molecular complexity index is 977. The second kappa shape index (κ2) is 11.8. The van der Waals surface area contributed by atoms with Crippen molar-refractivity contribution in [2.75, 3.05) is 18.2 Å². The van der Waals surface area contributed by atoms with E-state index >= 15 is 0 Å². The largest absolute Gasteiger partial charge is 0.549 e. The third-order valence-corrected chi connectivity index (χ3v) is 5.46. The molecule has 2 rings (SSSR count). The molecule has 2 aromatic rings. The highest BCUT2D eigenvalue weighted by Crippen LogP contribution is 2.21. The smallest absolute Gasteiger partial charge is 0.183 e. The molecule has 0 amide bonds. The predicted molar refractivity (Wildman–Crippen MR) is 112 cm³/mol. The van der Waals surface area contributed by atoms with Crippen LogP contribution < -0.4 is 21.9 Å². The number of benzene rings is 2. The van der Waals surface area contributed by atoms with Crippen LogP contribution in [0.2, 0.25) is 0 Å². The summed E-state index contributed by atoms with van der Waals surface area (Å²) in [6.45, 7) is 3.51. The number of carboxylic acid groups (broad SMARTS) is 1. The van der Waals surface area contributed by atoms with Gasteiger partial charge in [-0.15, -0.1) is 0 Å². The number of rotatable bonds is 9. The fourth-order valence-electron chi connectivity index (χ4n) is 1.93. The van der Waals surface area contributed by atoms with E-state index in [-0.39, 0.29) is 10.7 Å². The van der Waals surface area contributed by atoms with Crippen molar-refractivity contribution >= 4 is 39.4 Å². The summed E-state index contributed by atoms with van der Waals surface area (Å²) in [4.78, 5) is 15.2. The minimum atomic E-state index is -3.84. The molecule has 0 saturated heterocycles. The summed E-state index contributed by atoms with van der Waals surface area (Å²) in [6, 6.07) is 12.6. The number of carboxylic acids is 1. The molecule has 0 unspecified atom stereocenters. The lowest BCUT2D eigenvalue weighted by Gasteiger charge is -2.05. The number of nitrogens with two attached hydrogens (primary N) is 2. The lowest BCUT2D eigenvalue weighted by atomic mass is 10.2. The van der Waals surface area contributed by atoms with Gasteiger partial charge < -0.3 is 26.7 Å². The Hall–Kier alpha value is -3.06. The molecule has 0 aliphatic carbocycles. The van der Waals surface area contributed by atoms with Gasteiger partial charge in [-0.1, -0.05) is 6.58 Å². The quantitative estimate of drug-likeness (QED) is 0.138. The number of carbonyl (C=O) groups excluding carboxylic acids is 1. The standard InChI is InChI=1S/C9H12N4.C9H10O6S2/c1-6(10)13-8-4-2-7(3-5-8)9(11)12;1-14-15-16-7-2-4-8(5-3-7)17(12,13)6-9(10)11/h2-5,13H,1,10H2,(H3,11,12);2-5H,6H2,1H3,(H,10,11)/p-1. The molecule has 10 nitrogen and oxygen atoms in total. The Morgan fingerprint density at radius 1 is 1.17 bits per heavy atom. The fraction of sp³-hybridized carbons (Fsp3) is 0.111. The highest BCUT2D eigenvalue weighted by molar-refractivity contribution is 7.94. The van der Waals surface area contributed by atoms with Crippen LogP contribution in [0.25, 0.3) is 0 Å². The van der Waals surface area contributed by atoms with Crippen molar-refractivity contribution in [2.45, 2.75) is 9.79 Å². The SMILES string of the molecule is C=C(N)Nc1ccc(C(=N)N)cc1.COOSc1ccc(S(=O)(=O)CC(=O)[O-])cc1. The highest BCUT2D eigenvalue weighted by Gasteiger charge is 2.14. The Morgan fingerprint density at radius 3 is 2.17 bits per heavy atom. The van der Waals surface area contributed by atoms with Crippen LogP contribution in [0.3, 0.4) is 0 Å². The molecule has 0 heterocycles. The van der Waals surface area contributed by atoms with Gasteiger partial charge in [-0.05, 0) is 48.5 Å². The van der Waals surface area contributed by atoms with Gasteiger partial charge in [-0.3, -0.25) is 5.41 Å². The Kier molecular flexibility index (Phi) is 9.84. The summed E-state index contributed by atoms with van der Waals surface area (Å²) in [5, 5.41) is 20.3. The van der Waals surface area contributed by atoms with E-state index < -0.39 is 21.6 Å². The van der Waals surface area contributed by atoms with E-state index in [2.05, 4.69) is 21.1 Å². The molecule has 0 atom stereocenters. The maximum Gasteiger partial charge on any atom is 0.183 e. The molecule has 30 heavy (non-hydrogen) atoms. The molecule has 0 saturated carbocycles. The number of amidine groups is 1. The molecule has 0 bridgehead atoms. The molecule has 0 aromatic heterocycles. The van der Waals surface area contributed by atoms with E-state index in [9.17, 15) is 18.3 Å². The first-order valence-electron chi connectivity index (χ1n) is 8.11. The van der Waals surface area contributed by atoms with Gasteiger partial charge in [0.25, 0.3) is 0 Å². The molecule has 162 valence electrons. The van der Waals surface area contributed by atoms with E-state index in [0.29, 0.717) is 16.3 Å². The van der Waals surface area contributed by atoms with Crippen LogP contribution in [0.5, 0.6) is 0 Å². The van der Waals surface area contributed by atoms with Crippen LogP contribution in [-0.2, 0) is 23.9 Å². The number of hydrogen-bond donors (Lipinski definition) is 4. The fourth-order valence-corrected chi connectivity index (χ4v) is 3.35. The summed E-state index contributed by atoms with van der Waals surface area (Å²) in [6.07, 6.45) is 0. The van der Waals surface area contributed by atoms with Gasteiger partial charge in [0.15, 0.2) is 9.84 Å². The third-order valence-electron chi connectivity index (χ3n) is 3.19. The zero-order chi connectivity index (χ0) is 22.7. The Balaban J connectivity index is 0.000000311. The van der Waals surface area contributed by atoms with Crippen molar-refractivity contribution in [3.05, 3.63) is 66.5 Å². The van der Waals surface area contributed by atoms with Gasteiger partial charge in [-0.25, -0.2) is 13.3 Å². The molecule has 0 fully saturated rings. The topological polar surface area (TPSA) is 181 Å². The van der Waals surface area contributed by atoms with Crippen molar-refractivity contribution < 1.29 is 27.5 Å². The van der Waals surface area contributed by atoms with Crippen LogP contribution in [0.1, 0.15) is 5.56 Å². The summed E-state index contributed by atoms with van der Waals surface area (Å²) in [5.41, 5.74) is 12.2. The second-order valence-electron chi connectivity index (χ2n) is 5.56. The summed E-state index contributed by atoms with van der Waals surface area (Å²) in [5.74, 6) is -2.23. The van der Waals surface area contributed by atoms with Crippen molar-refractivity contribution in [3.63, 3.8) is 0 Å². The number of nitrogens with one attached hydrogen (secondary N) is 2. The Labute approximate surface area is 178 Å². The number of anilines is 1. The molecule has 6 N–H and O–H groups in total. The minimum Gasteiger partial charge on any atom is -0.549 e. The zero-order valence-electron chi connectivity index (χ0n) is 16.0. The number of aliphatic carboxylic acids is 1. The zero-order valence-corrected chi connectivity index (χ0v) is 17.6. The van der Waals surface area contributed by atoms with Crippen LogP contribution >= 0.6 is 12.0 Å². The van der Waals surface area contributed by atoms with E-state index in [1.807, 2.05) is 0 Å². The van der Waals surface area contributed by atoms with Gasteiger partial charge >= 0.3 is 0 Å². The molecule has 0 spiro atoms. The maximum atomic E-state index is 11.5. The summed E-state index contributed by atoms with van der Waals surface area (Å²) in [7, 11) is -2.50. The maximum absolute atomic E-state index is 11.5. The van der Waals surface area contributed by atoms with E-state index in [0.717, 1.165) is 17.7 Å². The number of nitrogen functional groups attached to an aromatic ring is 1. The van der Waals surface area contributed by atoms with Crippen molar-refractivity contribution in [1.29, 1.82) is 5.41 Å². The first kappa shape index (κ1) is 25.0. The molecule has 0 aliphatic heterocycles. The second-order valence-corrected chi connectivity index (χ2v) is 8.33. The average Bonchev–Trinajstić information content (AvgIpc) is 2.66. The molecule has 12 heteroatoms. The van der Waals surface area contributed by atoms with Crippen LogP contribution in [0.15, 0.2) is 70.7 Å². The summed E-state index contributed by atoms with van der Waals surface area (Å²) >= 11 is 0.908. The highest BCUT2D eigenvalue weighted by atomic mass is 32.2. The predicted octanol–water partition coefficient (Wildman–Crippen LogP) is 0.608. The third kappa shape index (κ3) is 8.96. The number of hydrogen-bond acceptors (Lipinski definition) is 10. The van der Waals surface area contributed by atoms with E-state index in [1.54, 1.807) is 24.3 Å². The lowest BCUT2D eigenvalue weighted by Crippen LogP contribution is -2.30. The lowest BCUT2D eigenvalue weighted by molar-refractivity contribution is -0.301.